The highest BCUT2D eigenvalue weighted by molar-refractivity contribution is 6.31. The van der Waals surface area contributed by atoms with Crippen LogP contribution in [0.2, 0.25) is 0 Å². The van der Waals surface area contributed by atoms with E-state index in [0.29, 0.717) is 36.2 Å². The van der Waals surface area contributed by atoms with Gasteiger partial charge >= 0.3 is 6.18 Å². The molecule has 2 aromatic heterocycles. The first-order valence-electron chi connectivity index (χ1n) is 10.8. The highest BCUT2D eigenvalue weighted by Gasteiger charge is 2.32. The van der Waals surface area contributed by atoms with Crippen LogP contribution >= 0.6 is 11.6 Å². The summed E-state index contributed by atoms with van der Waals surface area (Å²) in [5, 5.41) is 14.6. The number of hydrogen-bond acceptors (Lipinski definition) is 8. The first-order valence-corrected chi connectivity index (χ1v) is 11.2. The fourth-order valence-electron chi connectivity index (χ4n) is 3.08. The lowest BCUT2D eigenvalue weighted by molar-refractivity contribution is -0.141. The smallest absolute Gasteiger partial charge is 0.433 e. The Morgan fingerprint density at radius 3 is 2.80 bits per heavy atom. The van der Waals surface area contributed by atoms with Crippen LogP contribution in [0.3, 0.4) is 0 Å². The predicted molar refractivity (Wildman–Crippen MR) is 120 cm³/mol. The van der Waals surface area contributed by atoms with E-state index in [-0.39, 0.29) is 31.4 Å². The number of hydrogen-bond donors (Lipinski definition) is 2. The molecule has 9 nitrogen and oxygen atoms in total. The number of carbonyl (C=O) groups is 1. The Balaban J connectivity index is 1.43. The minimum Gasteiger partial charge on any atom is -0.482 e. The van der Waals surface area contributed by atoms with Gasteiger partial charge in [0.05, 0.1) is 18.7 Å². The van der Waals surface area contributed by atoms with Crippen molar-refractivity contribution in [2.75, 3.05) is 33.4 Å². The van der Waals surface area contributed by atoms with Gasteiger partial charge in [-0.2, -0.15) is 13.2 Å². The van der Waals surface area contributed by atoms with Crippen LogP contribution in [0.25, 0.3) is 0 Å². The average Bonchev–Trinajstić information content (AvgIpc) is 3.32. The van der Waals surface area contributed by atoms with Crippen molar-refractivity contribution in [2.45, 2.75) is 31.0 Å². The van der Waals surface area contributed by atoms with Crippen molar-refractivity contribution in [2.24, 2.45) is 0 Å². The van der Waals surface area contributed by atoms with Gasteiger partial charge in [0.2, 0.25) is 11.8 Å². The van der Waals surface area contributed by atoms with Crippen molar-refractivity contribution in [3.05, 3.63) is 59.1 Å². The number of pyridine rings is 1. The van der Waals surface area contributed by atoms with Crippen LogP contribution in [0.5, 0.6) is 5.75 Å². The molecule has 1 aliphatic rings. The van der Waals surface area contributed by atoms with Crippen LogP contribution in [0.4, 0.5) is 13.2 Å². The Morgan fingerprint density at radius 2 is 2.14 bits per heavy atom. The van der Waals surface area contributed by atoms with Crippen LogP contribution in [-0.2, 0) is 15.7 Å². The second kappa shape index (κ2) is 12.7. The Kier molecular flexibility index (Phi) is 9.64. The highest BCUT2D eigenvalue weighted by atomic mass is 35.5. The summed E-state index contributed by atoms with van der Waals surface area (Å²) in [5.74, 6) is 0.347. The van der Waals surface area contributed by atoms with Gasteiger partial charge in [-0.15, -0.1) is 10.2 Å². The minimum absolute atomic E-state index is 0.0503. The van der Waals surface area contributed by atoms with E-state index < -0.39 is 23.9 Å². The number of halogens is 4. The molecule has 35 heavy (non-hydrogen) atoms. The fourth-order valence-corrected chi connectivity index (χ4v) is 3.24. The second-order valence-corrected chi connectivity index (χ2v) is 7.97. The zero-order valence-electron chi connectivity index (χ0n) is 18.8. The summed E-state index contributed by atoms with van der Waals surface area (Å²) in [6.07, 6.45) is 2.71. The molecular weight excluding hydrogens is 491 g/mol. The maximum absolute atomic E-state index is 12.5. The third-order valence-corrected chi connectivity index (χ3v) is 5.18. The topological polar surface area (TPSA) is 111 Å². The van der Waals surface area contributed by atoms with E-state index in [0.717, 1.165) is 18.3 Å². The van der Waals surface area contributed by atoms with Gasteiger partial charge in [-0.1, -0.05) is 23.8 Å². The molecule has 2 atom stereocenters. The average molecular weight is 516 g/mol. The molecule has 2 heterocycles. The van der Waals surface area contributed by atoms with Gasteiger partial charge in [0.1, 0.15) is 17.5 Å². The Hall–Kier alpha value is -2.96. The summed E-state index contributed by atoms with van der Waals surface area (Å²) in [6, 6.07) is 1.89. The van der Waals surface area contributed by atoms with E-state index in [1.807, 2.05) is 19.2 Å². The summed E-state index contributed by atoms with van der Waals surface area (Å²) >= 11 is 5.95. The molecule has 0 fully saturated rings. The molecular formula is C22H25ClF3N5O4. The molecule has 2 N–H and O–H groups in total. The van der Waals surface area contributed by atoms with Crippen LogP contribution in [0.1, 0.15) is 42.3 Å². The van der Waals surface area contributed by atoms with Crippen LogP contribution < -0.4 is 15.4 Å². The van der Waals surface area contributed by atoms with Gasteiger partial charge in [-0.25, -0.2) is 4.98 Å². The van der Waals surface area contributed by atoms with E-state index in [4.69, 9.17) is 25.5 Å². The van der Waals surface area contributed by atoms with Gasteiger partial charge in [0.25, 0.3) is 5.91 Å². The van der Waals surface area contributed by atoms with E-state index in [1.165, 1.54) is 0 Å². The molecule has 0 saturated carbocycles. The fraction of sp³-hybridized carbons (Fsp3) is 0.455. The summed E-state index contributed by atoms with van der Waals surface area (Å²) < 4.78 is 54.4. The van der Waals surface area contributed by atoms with E-state index in [9.17, 15) is 18.0 Å². The molecule has 1 amide bonds. The molecule has 0 spiro atoms. The monoisotopic (exact) mass is 515 g/mol. The SMILES string of the molecule is CNCC[C@H](OCCNC(=O)COc1ccc(C(F)(F)F)nc1)c1nnc(C2C=CC(Cl)=CC2)o1. The maximum atomic E-state index is 12.5. The standard InChI is InChI=1S/C22H25ClF3N5O4/c1-27-9-8-17(21-31-30-20(35-21)14-2-4-15(23)5-3-14)33-11-10-28-19(32)13-34-16-6-7-18(29-12-16)22(24,25)26/h2,4-7,12,14,17,27H,3,8-11,13H2,1H3,(H,28,32)/t14?,17-/m0/s1. The third-order valence-electron chi connectivity index (χ3n) is 4.90. The molecule has 0 saturated heterocycles. The first-order chi connectivity index (χ1) is 16.8. The summed E-state index contributed by atoms with van der Waals surface area (Å²) in [7, 11) is 1.81. The normalized spacial score (nSPS) is 16.6. The quantitative estimate of drug-likeness (QED) is 0.413. The number of aromatic nitrogens is 3. The summed E-state index contributed by atoms with van der Waals surface area (Å²) in [6.45, 7) is 0.614. The van der Waals surface area contributed by atoms with Gasteiger partial charge in [-0.3, -0.25) is 4.79 Å². The number of amides is 1. The van der Waals surface area contributed by atoms with Gasteiger partial charge in [-0.05, 0) is 44.6 Å². The molecule has 1 unspecified atom stereocenters. The zero-order chi connectivity index (χ0) is 25.3. The molecule has 190 valence electrons. The second-order valence-electron chi connectivity index (χ2n) is 7.54. The largest absolute Gasteiger partial charge is 0.482 e. The summed E-state index contributed by atoms with van der Waals surface area (Å²) in [5.41, 5.74) is -1.04. The van der Waals surface area contributed by atoms with E-state index in [2.05, 4.69) is 25.8 Å². The van der Waals surface area contributed by atoms with Gasteiger partial charge in [0, 0.05) is 11.6 Å². The van der Waals surface area contributed by atoms with E-state index >= 15 is 0 Å². The lowest BCUT2D eigenvalue weighted by Crippen LogP contribution is -2.32. The molecule has 3 rings (SSSR count). The van der Waals surface area contributed by atoms with Gasteiger partial charge in [0.15, 0.2) is 6.61 Å². The molecule has 0 aromatic carbocycles. The van der Waals surface area contributed by atoms with E-state index in [1.54, 1.807) is 6.08 Å². The zero-order valence-corrected chi connectivity index (χ0v) is 19.6. The molecule has 0 bridgehead atoms. The number of carbonyl (C=O) groups excluding carboxylic acids is 1. The maximum Gasteiger partial charge on any atom is 0.433 e. The van der Waals surface area contributed by atoms with Crippen molar-refractivity contribution in [1.29, 1.82) is 0 Å². The lowest BCUT2D eigenvalue weighted by atomic mass is 10.0. The third kappa shape index (κ3) is 8.34. The number of rotatable bonds is 12. The molecule has 2 aromatic rings. The van der Waals surface area contributed by atoms with Crippen LogP contribution in [0, 0.1) is 0 Å². The Bertz CT molecular complexity index is 1030. The van der Waals surface area contributed by atoms with Crippen molar-refractivity contribution in [1.82, 2.24) is 25.8 Å². The Morgan fingerprint density at radius 1 is 1.31 bits per heavy atom. The number of nitrogens with zero attached hydrogens (tertiary/aromatic N) is 3. The predicted octanol–water partition coefficient (Wildman–Crippen LogP) is 3.51. The van der Waals surface area contributed by atoms with Crippen molar-refractivity contribution < 1.29 is 31.9 Å². The van der Waals surface area contributed by atoms with Crippen molar-refractivity contribution in [3.8, 4) is 5.75 Å². The lowest BCUT2D eigenvalue weighted by Gasteiger charge is -2.15. The number of nitrogens with one attached hydrogen (secondary N) is 2. The Labute approximate surface area is 204 Å². The van der Waals surface area contributed by atoms with Crippen molar-refractivity contribution >= 4 is 17.5 Å². The number of ether oxygens (including phenoxy) is 2. The van der Waals surface area contributed by atoms with Crippen LogP contribution in [0.15, 0.2) is 46.0 Å². The molecule has 1 aliphatic carbocycles. The molecule has 0 radical (unpaired) electrons. The number of allylic oxidation sites excluding steroid dienone is 4. The number of alkyl halides is 3. The molecule has 13 heteroatoms. The summed E-state index contributed by atoms with van der Waals surface area (Å²) in [4.78, 5) is 15.2. The molecule has 0 aliphatic heterocycles. The minimum atomic E-state index is -4.54. The first kappa shape index (κ1) is 26.6. The van der Waals surface area contributed by atoms with Crippen molar-refractivity contribution in [3.63, 3.8) is 0 Å². The highest BCUT2D eigenvalue weighted by Crippen LogP contribution is 2.30. The van der Waals surface area contributed by atoms with Gasteiger partial charge < -0.3 is 24.5 Å². The van der Waals surface area contributed by atoms with Crippen LogP contribution in [-0.4, -0.2) is 54.4 Å².